The van der Waals surface area contributed by atoms with Crippen LogP contribution < -0.4 is 0 Å². The van der Waals surface area contributed by atoms with Crippen molar-refractivity contribution in [3.05, 3.63) is 29.7 Å². The van der Waals surface area contributed by atoms with E-state index in [4.69, 9.17) is 4.74 Å². The van der Waals surface area contributed by atoms with E-state index < -0.39 is 0 Å². The standard InChI is InChI=1S/C12H15N3O/c1-9-2-5-15-11(8-9)13-12(14-15)10-3-6-16-7-4-10/h2,5,8,10H,3-4,6-7H2,1H3. The van der Waals surface area contributed by atoms with Crippen molar-refractivity contribution in [1.82, 2.24) is 14.6 Å². The van der Waals surface area contributed by atoms with Gasteiger partial charge in [-0.15, -0.1) is 0 Å². The van der Waals surface area contributed by atoms with E-state index in [1.165, 1.54) is 5.56 Å². The number of hydrogen-bond donors (Lipinski definition) is 0. The van der Waals surface area contributed by atoms with Crippen molar-refractivity contribution in [2.45, 2.75) is 25.7 Å². The van der Waals surface area contributed by atoms with Crippen molar-refractivity contribution in [3.8, 4) is 0 Å². The quantitative estimate of drug-likeness (QED) is 0.732. The van der Waals surface area contributed by atoms with Crippen molar-refractivity contribution in [2.75, 3.05) is 13.2 Å². The molecule has 0 N–H and O–H groups in total. The summed E-state index contributed by atoms with van der Waals surface area (Å²) in [7, 11) is 0. The third-order valence-corrected chi connectivity index (χ3v) is 3.10. The molecule has 1 aliphatic rings. The zero-order valence-electron chi connectivity index (χ0n) is 9.39. The van der Waals surface area contributed by atoms with E-state index in [0.29, 0.717) is 5.92 Å². The molecule has 0 bridgehead atoms. The minimum Gasteiger partial charge on any atom is -0.381 e. The predicted molar refractivity (Wildman–Crippen MR) is 60.5 cm³/mol. The summed E-state index contributed by atoms with van der Waals surface area (Å²) in [5.74, 6) is 1.43. The van der Waals surface area contributed by atoms with Gasteiger partial charge in [-0.05, 0) is 37.5 Å². The number of hydrogen-bond acceptors (Lipinski definition) is 3. The topological polar surface area (TPSA) is 39.4 Å². The fourth-order valence-electron chi connectivity index (χ4n) is 2.13. The third-order valence-electron chi connectivity index (χ3n) is 3.10. The Bertz CT molecular complexity index is 500. The van der Waals surface area contributed by atoms with Crippen LogP contribution in [0.3, 0.4) is 0 Å². The Morgan fingerprint density at radius 1 is 1.38 bits per heavy atom. The van der Waals surface area contributed by atoms with Crippen molar-refractivity contribution in [3.63, 3.8) is 0 Å². The van der Waals surface area contributed by atoms with Gasteiger partial charge < -0.3 is 4.74 Å². The maximum Gasteiger partial charge on any atom is 0.155 e. The molecular formula is C12H15N3O. The van der Waals surface area contributed by atoms with Gasteiger partial charge >= 0.3 is 0 Å². The molecule has 0 aromatic carbocycles. The van der Waals surface area contributed by atoms with E-state index >= 15 is 0 Å². The highest BCUT2D eigenvalue weighted by Crippen LogP contribution is 2.24. The second-order valence-electron chi connectivity index (χ2n) is 4.36. The molecule has 0 aliphatic carbocycles. The fraction of sp³-hybridized carbons (Fsp3) is 0.500. The number of aromatic nitrogens is 3. The van der Waals surface area contributed by atoms with Crippen molar-refractivity contribution >= 4 is 5.65 Å². The Morgan fingerprint density at radius 3 is 3.00 bits per heavy atom. The molecule has 1 saturated heterocycles. The molecule has 0 amide bonds. The monoisotopic (exact) mass is 217 g/mol. The van der Waals surface area contributed by atoms with Crippen LogP contribution >= 0.6 is 0 Å². The highest BCUT2D eigenvalue weighted by atomic mass is 16.5. The molecule has 4 nitrogen and oxygen atoms in total. The average Bonchev–Trinajstić information content (AvgIpc) is 2.73. The predicted octanol–water partition coefficient (Wildman–Crippen LogP) is 1.93. The van der Waals surface area contributed by atoms with Gasteiger partial charge in [0.05, 0.1) is 0 Å². The molecule has 2 aromatic heterocycles. The molecule has 0 saturated carbocycles. The van der Waals surface area contributed by atoms with E-state index in [9.17, 15) is 0 Å². The van der Waals surface area contributed by atoms with Crippen LogP contribution in [0.4, 0.5) is 0 Å². The fourth-order valence-corrected chi connectivity index (χ4v) is 2.13. The summed E-state index contributed by atoms with van der Waals surface area (Å²) in [6.45, 7) is 3.74. The molecule has 0 spiro atoms. The maximum absolute atomic E-state index is 5.35. The molecule has 1 aliphatic heterocycles. The van der Waals surface area contributed by atoms with Gasteiger partial charge in [0, 0.05) is 25.3 Å². The summed E-state index contributed by atoms with van der Waals surface area (Å²) in [4.78, 5) is 4.59. The minimum atomic E-state index is 0.467. The van der Waals surface area contributed by atoms with Crippen LogP contribution in [0.2, 0.25) is 0 Å². The number of aryl methyl sites for hydroxylation is 1. The Balaban J connectivity index is 1.97. The zero-order valence-corrected chi connectivity index (χ0v) is 9.39. The average molecular weight is 217 g/mol. The van der Waals surface area contributed by atoms with E-state index in [-0.39, 0.29) is 0 Å². The summed E-state index contributed by atoms with van der Waals surface area (Å²) in [5.41, 5.74) is 2.17. The third kappa shape index (κ3) is 1.69. The molecule has 3 rings (SSSR count). The van der Waals surface area contributed by atoms with E-state index in [2.05, 4.69) is 29.1 Å². The zero-order chi connectivity index (χ0) is 11.0. The van der Waals surface area contributed by atoms with Crippen LogP contribution in [0.1, 0.15) is 30.1 Å². The van der Waals surface area contributed by atoms with Crippen molar-refractivity contribution in [1.29, 1.82) is 0 Å². The van der Waals surface area contributed by atoms with E-state index in [0.717, 1.165) is 37.5 Å². The lowest BCUT2D eigenvalue weighted by atomic mass is 10.00. The molecule has 1 fully saturated rings. The first-order valence-electron chi connectivity index (χ1n) is 5.73. The van der Waals surface area contributed by atoms with Crippen LogP contribution in [0.5, 0.6) is 0 Å². The van der Waals surface area contributed by atoms with E-state index in [1.54, 1.807) is 0 Å². The smallest absolute Gasteiger partial charge is 0.155 e. The van der Waals surface area contributed by atoms with Gasteiger partial charge in [0.2, 0.25) is 0 Å². The van der Waals surface area contributed by atoms with Gasteiger partial charge in [-0.25, -0.2) is 9.50 Å². The Hall–Kier alpha value is -1.42. The first-order chi connectivity index (χ1) is 7.83. The van der Waals surface area contributed by atoms with E-state index in [1.807, 2.05) is 10.7 Å². The summed E-state index contributed by atoms with van der Waals surface area (Å²) in [6, 6.07) is 4.12. The Kier molecular flexibility index (Phi) is 2.36. The highest BCUT2D eigenvalue weighted by molar-refractivity contribution is 5.40. The lowest BCUT2D eigenvalue weighted by molar-refractivity contribution is 0.0836. The first kappa shape index (κ1) is 9.78. The lowest BCUT2D eigenvalue weighted by Crippen LogP contribution is -2.15. The maximum atomic E-state index is 5.35. The van der Waals surface area contributed by atoms with Crippen LogP contribution in [0.15, 0.2) is 18.3 Å². The van der Waals surface area contributed by atoms with Crippen molar-refractivity contribution in [2.24, 2.45) is 0 Å². The molecule has 84 valence electrons. The molecule has 0 atom stereocenters. The normalized spacial score (nSPS) is 18.1. The number of ether oxygens (including phenoxy) is 1. The second kappa shape index (κ2) is 3.87. The van der Waals surface area contributed by atoms with Crippen molar-refractivity contribution < 1.29 is 4.74 Å². The van der Waals surface area contributed by atoms with Crippen LogP contribution in [-0.2, 0) is 4.74 Å². The summed E-state index contributed by atoms with van der Waals surface area (Å²) in [5, 5.41) is 4.53. The largest absolute Gasteiger partial charge is 0.381 e. The van der Waals surface area contributed by atoms with Gasteiger partial charge in [0.15, 0.2) is 11.5 Å². The minimum absolute atomic E-state index is 0.467. The summed E-state index contributed by atoms with van der Waals surface area (Å²) < 4.78 is 7.21. The molecule has 16 heavy (non-hydrogen) atoms. The molecule has 0 unspecified atom stereocenters. The lowest BCUT2D eigenvalue weighted by Gasteiger charge is -2.18. The number of pyridine rings is 1. The second-order valence-corrected chi connectivity index (χ2v) is 4.36. The SMILES string of the molecule is Cc1ccn2nc(C3CCOCC3)nc2c1. The van der Waals surface area contributed by atoms with Gasteiger partial charge in [0.25, 0.3) is 0 Å². The van der Waals surface area contributed by atoms with Crippen LogP contribution in [0, 0.1) is 6.92 Å². The summed E-state index contributed by atoms with van der Waals surface area (Å²) >= 11 is 0. The summed E-state index contributed by atoms with van der Waals surface area (Å²) in [6.07, 6.45) is 4.05. The Labute approximate surface area is 94.3 Å². The van der Waals surface area contributed by atoms with Gasteiger partial charge in [-0.3, -0.25) is 0 Å². The highest BCUT2D eigenvalue weighted by Gasteiger charge is 2.20. The molecule has 2 aromatic rings. The molecule has 0 radical (unpaired) electrons. The first-order valence-corrected chi connectivity index (χ1v) is 5.73. The molecular weight excluding hydrogens is 202 g/mol. The Morgan fingerprint density at radius 2 is 2.19 bits per heavy atom. The van der Waals surface area contributed by atoms with Gasteiger partial charge in [-0.1, -0.05) is 0 Å². The number of nitrogens with zero attached hydrogens (tertiary/aromatic N) is 3. The van der Waals surface area contributed by atoms with Gasteiger partial charge in [0.1, 0.15) is 0 Å². The number of rotatable bonds is 1. The molecule has 4 heteroatoms. The van der Waals surface area contributed by atoms with Gasteiger partial charge in [-0.2, -0.15) is 5.10 Å². The number of fused-ring (bicyclic) bond motifs is 1. The van der Waals surface area contributed by atoms with Crippen LogP contribution in [0.25, 0.3) is 5.65 Å². The molecule has 3 heterocycles. The van der Waals surface area contributed by atoms with Crippen LogP contribution in [-0.4, -0.2) is 27.8 Å².